The van der Waals surface area contributed by atoms with Crippen molar-refractivity contribution in [2.75, 3.05) is 0 Å². The summed E-state index contributed by atoms with van der Waals surface area (Å²) in [5, 5.41) is 0. The van der Waals surface area contributed by atoms with Crippen molar-refractivity contribution >= 4 is 33.9 Å². The molecule has 9 heteroatoms. The van der Waals surface area contributed by atoms with Gasteiger partial charge in [0.15, 0.2) is 11.3 Å². The van der Waals surface area contributed by atoms with Crippen molar-refractivity contribution in [3.8, 4) is 22.5 Å². The molecule has 0 spiro atoms. The lowest BCUT2D eigenvalue weighted by Crippen LogP contribution is -1.92. The average Bonchev–Trinajstić information content (AvgIpc) is 3.46. The Morgan fingerprint density at radius 3 is 1.85 bits per heavy atom. The molecule has 6 nitrogen and oxygen atoms in total. The molecule has 4 aromatic heterocycles. The number of aromatic nitrogens is 6. The number of halogens is 3. The van der Waals surface area contributed by atoms with E-state index in [2.05, 4.69) is 42.5 Å². The lowest BCUT2D eigenvalue weighted by molar-refractivity contribution is 0.627. The number of imidazole rings is 2. The largest absolute Gasteiger partial charge is 0.304 e. The van der Waals surface area contributed by atoms with Crippen LogP contribution in [0.15, 0.2) is 91.9 Å². The van der Waals surface area contributed by atoms with E-state index >= 15 is 0 Å². The Bertz CT molecular complexity index is 1540. The van der Waals surface area contributed by atoms with Gasteiger partial charge in [-0.1, -0.05) is 0 Å². The van der Waals surface area contributed by atoms with Crippen molar-refractivity contribution in [1.82, 2.24) is 28.7 Å². The quantitative estimate of drug-likeness (QED) is 0.260. The molecule has 0 N–H and O–H groups in total. The summed E-state index contributed by atoms with van der Waals surface area (Å²) in [5.41, 5.74) is 4.97. The molecular weight excluding hydrogens is 537 g/mol. The maximum Gasteiger partial charge on any atom is 0.156 e. The second-order valence-electron chi connectivity index (χ2n) is 7.06. The minimum absolute atomic E-state index is 0.243. The van der Waals surface area contributed by atoms with Crippen LogP contribution in [-0.2, 0) is 0 Å². The summed E-state index contributed by atoms with van der Waals surface area (Å²) in [4.78, 5) is 16.9. The number of fused-ring (bicyclic) bond motifs is 2. The lowest BCUT2D eigenvalue weighted by Gasteiger charge is -2.02. The first kappa shape index (κ1) is 21.1. The van der Waals surface area contributed by atoms with Crippen LogP contribution in [0, 0.1) is 15.3 Å². The maximum atomic E-state index is 12.8. The van der Waals surface area contributed by atoms with Gasteiger partial charge in [-0.15, -0.1) is 0 Å². The van der Waals surface area contributed by atoms with Crippen LogP contribution in [0.5, 0.6) is 0 Å². The second-order valence-corrected chi connectivity index (χ2v) is 8.17. The first-order chi connectivity index (χ1) is 16.1. The molecule has 0 radical (unpaired) electrons. The van der Waals surface area contributed by atoms with Crippen molar-refractivity contribution in [1.29, 1.82) is 0 Å². The standard InChI is InChI=1S/C12H7FIN3.C12H8FN3/c13-9-3-1-8(2-4-9)10-7-17-11(14)5-16-12(17)6-15-10;13-10-3-1-9(2-4-10)11-8-16-6-5-14-12(16)7-15-11/h1-7H;1-8H. The smallest absolute Gasteiger partial charge is 0.156 e. The van der Waals surface area contributed by atoms with Crippen molar-refractivity contribution < 1.29 is 8.78 Å². The highest BCUT2D eigenvalue weighted by atomic mass is 127. The Kier molecular flexibility index (Phi) is 5.78. The summed E-state index contributed by atoms with van der Waals surface area (Å²) in [5.74, 6) is -0.487. The van der Waals surface area contributed by atoms with Crippen LogP contribution in [0.25, 0.3) is 33.8 Å². The SMILES string of the molecule is Fc1ccc(-c2cn3c(I)cnc3cn2)cc1.Fc1ccc(-c2cn3ccnc3cn2)cc1. The minimum atomic E-state index is -0.243. The fourth-order valence-electron chi connectivity index (χ4n) is 3.22. The Hall–Kier alpha value is -3.73. The monoisotopic (exact) mass is 552 g/mol. The number of benzene rings is 2. The predicted octanol–water partition coefficient (Wildman–Crippen LogP) is 5.68. The molecule has 0 aliphatic rings. The van der Waals surface area contributed by atoms with Gasteiger partial charge >= 0.3 is 0 Å². The number of hydrogen-bond donors (Lipinski definition) is 0. The lowest BCUT2D eigenvalue weighted by atomic mass is 10.1. The van der Waals surface area contributed by atoms with Crippen molar-refractivity contribution in [2.24, 2.45) is 0 Å². The van der Waals surface area contributed by atoms with Gasteiger partial charge in [0.2, 0.25) is 0 Å². The molecule has 0 aliphatic heterocycles. The minimum Gasteiger partial charge on any atom is -0.304 e. The molecule has 0 aliphatic carbocycles. The topological polar surface area (TPSA) is 60.4 Å². The summed E-state index contributed by atoms with van der Waals surface area (Å²) in [6, 6.07) is 12.6. The third-order valence-electron chi connectivity index (χ3n) is 4.91. The zero-order valence-electron chi connectivity index (χ0n) is 17.0. The molecule has 2 aromatic carbocycles. The predicted molar refractivity (Wildman–Crippen MR) is 129 cm³/mol. The molecule has 0 saturated carbocycles. The highest BCUT2D eigenvalue weighted by Crippen LogP contribution is 2.19. The summed E-state index contributed by atoms with van der Waals surface area (Å²) in [6.45, 7) is 0. The fourth-order valence-corrected chi connectivity index (χ4v) is 3.75. The van der Waals surface area contributed by atoms with Crippen LogP contribution in [0.2, 0.25) is 0 Å². The molecule has 0 bridgehead atoms. The molecule has 0 atom stereocenters. The van der Waals surface area contributed by atoms with Gasteiger partial charge < -0.3 is 4.40 Å². The van der Waals surface area contributed by atoms with Crippen LogP contribution in [-0.4, -0.2) is 28.7 Å². The number of hydrogen-bond acceptors (Lipinski definition) is 4. The van der Waals surface area contributed by atoms with E-state index in [-0.39, 0.29) is 11.6 Å². The van der Waals surface area contributed by atoms with Crippen LogP contribution in [0.4, 0.5) is 8.78 Å². The molecule has 4 heterocycles. The first-order valence-corrected chi connectivity index (χ1v) is 10.9. The fraction of sp³-hybridized carbons (Fsp3) is 0. The van der Waals surface area contributed by atoms with E-state index in [0.717, 1.165) is 37.5 Å². The van der Waals surface area contributed by atoms with Gasteiger partial charge in [0, 0.05) is 35.9 Å². The molecule has 162 valence electrons. The molecule has 0 unspecified atom stereocenters. The van der Waals surface area contributed by atoms with Gasteiger partial charge in [0.05, 0.1) is 30.0 Å². The van der Waals surface area contributed by atoms with Crippen LogP contribution >= 0.6 is 22.6 Å². The normalized spacial score (nSPS) is 10.9. The summed E-state index contributed by atoms with van der Waals surface area (Å²) in [6.07, 6.45) is 12.5. The number of rotatable bonds is 2. The average molecular weight is 552 g/mol. The Morgan fingerprint density at radius 1 is 0.636 bits per heavy atom. The summed E-state index contributed by atoms with van der Waals surface area (Å²) in [7, 11) is 0. The van der Waals surface area contributed by atoms with E-state index in [1.807, 2.05) is 27.4 Å². The third kappa shape index (κ3) is 4.58. The molecule has 0 saturated heterocycles. The molecule has 0 amide bonds. The summed E-state index contributed by atoms with van der Waals surface area (Å²) < 4.78 is 30.5. The molecule has 6 rings (SSSR count). The maximum absolute atomic E-state index is 12.8. The van der Waals surface area contributed by atoms with Gasteiger partial charge in [-0.3, -0.25) is 14.4 Å². The van der Waals surface area contributed by atoms with E-state index in [9.17, 15) is 8.78 Å². The Balaban J connectivity index is 0.000000139. The second kappa shape index (κ2) is 9.02. The van der Waals surface area contributed by atoms with Crippen molar-refractivity contribution in [3.05, 3.63) is 107 Å². The van der Waals surface area contributed by atoms with E-state index in [1.165, 1.54) is 24.3 Å². The molecule has 0 fully saturated rings. The zero-order valence-corrected chi connectivity index (χ0v) is 19.1. The Labute approximate surface area is 200 Å². The highest BCUT2D eigenvalue weighted by Gasteiger charge is 2.05. The van der Waals surface area contributed by atoms with Gasteiger partial charge in [0.1, 0.15) is 15.3 Å². The van der Waals surface area contributed by atoms with Gasteiger partial charge in [0.25, 0.3) is 0 Å². The molecular formula is C24H15F2IN6. The van der Waals surface area contributed by atoms with E-state index in [0.29, 0.717) is 0 Å². The van der Waals surface area contributed by atoms with Crippen LogP contribution < -0.4 is 0 Å². The highest BCUT2D eigenvalue weighted by molar-refractivity contribution is 14.1. The molecule has 33 heavy (non-hydrogen) atoms. The van der Waals surface area contributed by atoms with Crippen LogP contribution in [0.1, 0.15) is 0 Å². The van der Waals surface area contributed by atoms with Gasteiger partial charge in [-0.05, 0) is 71.1 Å². The van der Waals surface area contributed by atoms with E-state index < -0.39 is 0 Å². The Morgan fingerprint density at radius 2 is 1.21 bits per heavy atom. The van der Waals surface area contributed by atoms with Gasteiger partial charge in [-0.25, -0.2) is 18.7 Å². The van der Waals surface area contributed by atoms with Crippen molar-refractivity contribution in [2.45, 2.75) is 0 Å². The number of nitrogens with zero attached hydrogens (tertiary/aromatic N) is 6. The summed E-state index contributed by atoms with van der Waals surface area (Å²) >= 11 is 2.21. The zero-order chi connectivity index (χ0) is 22.8. The van der Waals surface area contributed by atoms with Gasteiger partial charge in [-0.2, -0.15) is 0 Å². The molecule has 6 aromatic rings. The third-order valence-corrected chi connectivity index (χ3v) is 5.71. The van der Waals surface area contributed by atoms with Crippen LogP contribution in [0.3, 0.4) is 0 Å². The van der Waals surface area contributed by atoms with Crippen molar-refractivity contribution in [3.63, 3.8) is 0 Å². The van der Waals surface area contributed by atoms with E-state index in [1.54, 1.807) is 49.1 Å². The first-order valence-electron chi connectivity index (χ1n) is 9.86. The van der Waals surface area contributed by atoms with E-state index in [4.69, 9.17) is 0 Å².